The van der Waals surface area contributed by atoms with Crippen LogP contribution in [-0.4, -0.2) is 41.4 Å². The van der Waals surface area contributed by atoms with Crippen molar-refractivity contribution in [1.82, 2.24) is 9.97 Å². The van der Waals surface area contributed by atoms with Gasteiger partial charge in [0.15, 0.2) is 11.6 Å². The van der Waals surface area contributed by atoms with Gasteiger partial charge in [0.25, 0.3) is 0 Å². The molecule has 6 nitrogen and oxygen atoms in total. The summed E-state index contributed by atoms with van der Waals surface area (Å²) < 4.78 is 26.7. The maximum Gasteiger partial charge on any atom is 0.159 e. The van der Waals surface area contributed by atoms with Crippen LogP contribution in [0.4, 0.5) is 14.6 Å². The first-order valence-electron chi connectivity index (χ1n) is 8.98. The predicted octanol–water partition coefficient (Wildman–Crippen LogP) is 2.63. The number of rotatable bonds is 4. The molecule has 0 amide bonds. The third kappa shape index (κ3) is 4.01. The number of anilines is 1. The van der Waals surface area contributed by atoms with Crippen molar-refractivity contribution in [1.29, 1.82) is 0 Å². The van der Waals surface area contributed by atoms with Gasteiger partial charge in [0.05, 0.1) is 23.7 Å². The second-order valence-electron chi connectivity index (χ2n) is 6.89. The van der Waals surface area contributed by atoms with Crippen molar-refractivity contribution in [3.05, 3.63) is 59.2 Å². The largest absolute Gasteiger partial charge is 0.402 e. The van der Waals surface area contributed by atoms with E-state index < -0.39 is 17.2 Å². The van der Waals surface area contributed by atoms with Crippen LogP contribution in [0.15, 0.2) is 41.3 Å². The Balaban J connectivity index is 1.79. The lowest BCUT2D eigenvalue weighted by Crippen LogP contribution is -2.43. The molecule has 0 spiro atoms. The van der Waals surface area contributed by atoms with Gasteiger partial charge in [0.2, 0.25) is 0 Å². The van der Waals surface area contributed by atoms with Gasteiger partial charge in [-0.2, -0.15) is 0 Å². The van der Waals surface area contributed by atoms with Gasteiger partial charge >= 0.3 is 0 Å². The summed E-state index contributed by atoms with van der Waals surface area (Å²) in [4.78, 5) is 14.9. The van der Waals surface area contributed by atoms with Crippen molar-refractivity contribution in [3.63, 3.8) is 0 Å². The van der Waals surface area contributed by atoms with Crippen LogP contribution in [0.5, 0.6) is 0 Å². The number of piperidine rings is 1. The van der Waals surface area contributed by atoms with E-state index in [-0.39, 0.29) is 0 Å². The molecule has 1 saturated heterocycles. The first-order chi connectivity index (χ1) is 13.3. The lowest BCUT2D eigenvalue weighted by molar-refractivity contribution is 0.0113. The summed E-state index contributed by atoms with van der Waals surface area (Å²) in [6.07, 6.45) is 5.63. The van der Waals surface area contributed by atoms with E-state index in [0.717, 1.165) is 12.1 Å². The van der Waals surface area contributed by atoms with Crippen LogP contribution in [0.2, 0.25) is 0 Å². The number of halogens is 2. The second kappa shape index (κ2) is 8.02. The summed E-state index contributed by atoms with van der Waals surface area (Å²) in [5, 5.41) is 10.9. The van der Waals surface area contributed by atoms with Crippen LogP contribution in [0.25, 0.3) is 5.57 Å². The third-order valence-electron chi connectivity index (χ3n) is 4.95. The minimum atomic E-state index is -1.20. The highest BCUT2D eigenvalue weighted by Gasteiger charge is 2.35. The average Bonchev–Trinajstić information content (AvgIpc) is 2.68. The molecule has 1 fully saturated rings. The maximum atomic E-state index is 13.6. The van der Waals surface area contributed by atoms with Crippen LogP contribution < -0.4 is 10.6 Å². The molecular weight excluding hydrogens is 364 g/mol. The highest BCUT2D eigenvalue weighted by atomic mass is 19.2. The van der Waals surface area contributed by atoms with E-state index in [1.54, 1.807) is 32.6 Å². The number of hydrogen-bond acceptors (Lipinski definition) is 6. The minimum absolute atomic E-state index is 0.360. The Bertz CT molecular complexity index is 917. The molecule has 28 heavy (non-hydrogen) atoms. The van der Waals surface area contributed by atoms with Crippen molar-refractivity contribution in [2.24, 2.45) is 10.7 Å². The number of aliphatic imine (C=N–C) groups is 1. The molecule has 0 unspecified atom stereocenters. The molecule has 0 radical (unpaired) electrons. The smallest absolute Gasteiger partial charge is 0.159 e. The summed E-state index contributed by atoms with van der Waals surface area (Å²) in [7, 11) is 1.66. The Morgan fingerprint density at radius 2 is 1.96 bits per heavy atom. The fourth-order valence-electron chi connectivity index (χ4n) is 3.32. The Morgan fingerprint density at radius 1 is 1.25 bits per heavy atom. The number of allylic oxidation sites excluding steroid dienone is 2. The molecule has 8 heteroatoms. The first-order valence-corrected chi connectivity index (χ1v) is 8.98. The van der Waals surface area contributed by atoms with E-state index in [0.29, 0.717) is 54.3 Å². The fourth-order valence-corrected chi connectivity index (χ4v) is 3.32. The Morgan fingerprint density at radius 3 is 2.57 bits per heavy atom. The summed E-state index contributed by atoms with van der Waals surface area (Å²) in [5.74, 6) is -1.22. The summed E-state index contributed by atoms with van der Waals surface area (Å²) in [5.41, 5.74) is 7.00. The van der Waals surface area contributed by atoms with E-state index in [2.05, 4.69) is 15.0 Å². The minimum Gasteiger partial charge on any atom is -0.402 e. The highest BCUT2D eigenvalue weighted by Crippen LogP contribution is 2.34. The van der Waals surface area contributed by atoms with E-state index in [1.807, 2.05) is 4.90 Å². The summed E-state index contributed by atoms with van der Waals surface area (Å²) in [6.45, 7) is 2.76. The normalized spacial score (nSPS) is 17.7. The summed E-state index contributed by atoms with van der Waals surface area (Å²) in [6, 6.07) is 3.54. The maximum absolute atomic E-state index is 13.6. The summed E-state index contributed by atoms with van der Waals surface area (Å²) >= 11 is 0. The van der Waals surface area contributed by atoms with Crippen molar-refractivity contribution >= 4 is 17.6 Å². The number of hydrogen-bond donors (Lipinski definition) is 2. The number of aliphatic hydroxyl groups is 1. The number of aromatic nitrogens is 2. The molecule has 2 heterocycles. The first kappa shape index (κ1) is 19.9. The van der Waals surface area contributed by atoms with Gasteiger partial charge in [-0.3, -0.25) is 9.98 Å². The predicted molar refractivity (Wildman–Crippen MR) is 105 cm³/mol. The van der Waals surface area contributed by atoms with E-state index in [9.17, 15) is 13.9 Å². The van der Waals surface area contributed by atoms with Crippen LogP contribution >= 0.6 is 0 Å². The highest BCUT2D eigenvalue weighted by molar-refractivity contribution is 6.09. The molecule has 1 aromatic heterocycles. The van der Waals surface area contributed by atoms with Crippen LogP contribution in [0.1, 0.15) is 31.0 Å². The molecule has 2 aromatic rings. The van der Waals surface area contributed by atoms with Gasteiger partial charge in [-0.1, -0.05) is 6.07 Å². The van der Waals surface area contributed by atoms with Gasteiger partial charge in [0, 0.05) is 37.6 Å². The number of nitrogens with zero attached hydrogens (tertiary/aromatic N) is 4. The topological polar surface area (TPSA) is 87.6 Å². The van der Waals surface area contributed by atoms with E-state index >= 15 is 0 Å². The zero-order chi connectivity index (χ0) is 20.3. The SMILES string of the molecule is CN=C/C(=C(/C)N)c1cncc(N2CCC(O)(c3ccc(F)c(F)c3)CC2)n1. The Hall–Kier alpha value is -2.87. The fraction of sp³-hybridized carbons (Fsp3) is 0.350. The monoisotopic (exact) mass is 387 g/mol. The molecule has 1 aromatic carbocycles. The van der Waals surface area contributed by atoms with Crippen LogP contribution in [0, 0.1) is 11.6 Å². The van der Waals surface area contributed by atoms with Gasteiger partial charge in [-0.05, 0) is 37.5 Å². The molecule has 0 saturated carbocycles. The number of nitrogens with two attached hydrogens (primary N) is 1. The lowest BCUT2D eigenvalue weighted by Gasteiger charge is -2.39. The van der Waals surface area contributed by atoms with Gasteiger partial charge in [-0.15, -0.1) is 0 Å². The van der Waals surface area contributed by atoms with Gasteiger partial charge in [0.1, 0.15) is 5.82 Å². The van der Waals surface area contributed by atoms with E-state index in [4.69, 9.17) is 5.73 Å². The van der Waals surface area contributed by atoms with Crippen LogP contribution in [0.3, 0.4) is 0 Å². The molecular formula is C20H23F2N5O. The van der Waals surface area contributed by atoms with Crippen LogP contribution in [-0.2, 0) is 5.60 Å². The zero-order valence-electron chi connectivity index (χ0n) is 15.9. The molecule has 0 bridgehead atoms. The molecule has 1 aliphatic heterocycles. The average molecular weight is 387 g/mol. The molecule has 148 valence electrons. The third-order valence-corrected chi connectivity index (χ3v) is 4.95. The standard InChI is InChI=1S/C20H23F2N5O/c1-13(23)15(10-24-2)18-11-25-12-19(26-18)27-7-5-20(28,6-8-27)14-3-4-16(21)17(22)9-14/h3-4,9-12,28H,5-8,23H2,1-2H3/b15-13+,24-10?. The van der Waals surface area contributed by atoms with E-state index in [1.165, 1.54) is 6.07 Å². The molecule has 3 N–H and O–H groups in total. The molecule has 0 atom stereocenters. The van der Waals surface area contributed by atoms with Gasteiger partial charge in [-0.25, -0.2) is 13.8 Å². The second-order valence-corrected chi connectivity index (χ2v) is 6.89. The lowest BCUT2D eigenvalue weighted by atomic mass is 9.84. The quantitative estimate of drug-likeness (QED) is 0.788. The van der Waals surface area contributed by atoms with Crippen molar-refractivity contribution in [2.75, 3.05) is 25.0 Å². The zero-order valence-corrected chi connectivity index (χ0v) is 15.9. The number of benzene rings is 1. The van der Waals surface area contributed by atoms with Crippen molar-refractivity contribution < 1.29 is 13.9 Å². The Labute approximate surface area is 162 Å². The van der Waals surface area contributed by atoms with Crippen molar-refractivity contribution in [2.45, 2.75) is 25.4 Å². The molecule has 3 rings (SSSR count). The van der Waals surface area contributed by atoms with Gasteiger partial charge < -0.3 is 15.7 Å². The molecule has 0 aliphatic carbocycles. The molecule has 1 aliphatic rings. The Kier molecular flexibility index (Phi) is 5.69. The van der Waals surface area contributed by atoms with Crippen molar-refractivity contribution in [3.8, 4) is 0 Å².